The van der Waals surface area contributed by atoms with Crippen LogP contribution in [0.15, 0.2) is 11.1 Å². The minimum Gasteiger partial charge on any atom is -0.390 e. The Bertz CT molecular complexity index is 188. The lowest BCUT2D eigenvalue weighted by atomic mass is 9.71. The molecule has 72 valence electrons. The maximum Gasteiger partial charge on any atom is 0.0679 e. The van der Waals surface area contributed by atoms with Crippen LogP contribution < -0.4 is 0 Å². The Labute approximate surface area is 76.5 Å². The second kappa shape index (κ2) is 3.21. The van der Waals surface area contributed by atoms with E-state index in [1.807, 2.05) is 13.8 Å². The first kappa shape index (κ1) is 11.7. The smallest absolute Gasteiger partial charge is 0.0679 e. The molecular formula is C11H22O. The summed E-state index contributed by atoms with van der Waals surface area (Å²) in [4.78, 5) is 0. The predicted octanol–water partition coefficient (Wildman–Crippen LogP) is 3.14. The maximum absolute atomic E-state index is 9.93. The maximum atomic E-state index is 9.93. The van der Waals surface area contributed by atoms with Crippen LogP contribution in [0, 0.1) is 5.41 Å². The molecule has 0 bridgehead atoms. The fraction of sp³-hybridized carbons (Fsp3) is 0.818. The van der Waals surface area contributed by atoms with Crippen LogP contribution in [-0.2, 0) is 0 Å². The van der Waals surface area contributed by atoms with Crippen molar-refractivity contribution >= 4 is 0 Å². The molecule has 0 aromatic rings. The molecule has 0 atom stereocenters. The average Bonchev–Trinajstić information content (AvgIpc) is 1.83. The first-order valence-corrected chi connectivity index (χ1v) is 4.47. The van der Waals surface area contributed by atoms with Crippen LogP contribution in [0.4, 0.5) is 0 Å². The number of hydrogen-bond acceptors (Lipinski definition) is 1. The lowest BCUT2D eigenvalue weighted by Gasteiger charge is -2.39. The van der Waals surface area contributed by atoms with Gasteiger partial charge in [-0.05, 0) is 34.6 Å². The molecule has 0 aliphatic carbocycles. The molecular weight excluding hydrogens is 148 g/mol. The molecule has 0 rings (SSSR count). The molecule has 0 aliphatic heterocycles. The van der Waals surface area contributed by atoms with Gasteiger partial charge in [-0.1, -0.05) is 25.0 Å². The van der Waals surface area contributed by atoms with Crippen molar-refractivity contribution in [3.05, 3.63) is 11.1 Å². The normalized spacial score (nSPS) is 13.0. The van der Waals surface area contributed by atoms with Crippen molar-refractivity contribution in [2.45, 2.75) is 54.1 Å². The third-order valence-electron chi connectivity index (χ3n) is 3.22. The number of hydrogen-bond donors (Lipinski definition) is 1. The quantitative estimate of drug-likeness (QED) is 0.631. The Morgan fingerprint density at radius 2 is 1.25 bits per heavy atom. The molecule has 0 spiro atoms. The highest BCUT2D eigenvalue weighted by Crippen LogP contribution is 2.38. The van der Waals surface area contributed by atoms with E-state index >= 15 is 0 Å². The molecule has 0 aromatic heterocycles. The summed E-state index contributed by atoms with van der Waals surface area (Å²) in [7, 11) is 0. The van der Waals surface area contributed by atoms with Gasteiger partial charge in [0, 0.05) is 5.41 Å². The highest BCUT2D eigenvalue weighted by Gasteiger charge is 2.36. The summed E-state index contributed by atoms with van der Waals surface area (Å²) in [6.07, 6.45) is 0. The zero-order chi connectivity index (χ0) is 10.2. The van der Waals surface area contributed by atoms with Crippen molar-refractivity contribution < 1.29 is 5.11 Å². The van der Waals surface area contributed by atoms with Gasteiger partial charge in [0.1, 0.15) is 0 Å². The summed E-state index contributed by atoms with van der Waals surface area (Å²) in [6.45, 7) is 14.1. The van der Waals surface area contributed by atoms with Gasteiger partial charge in [-0.3, -0.25) is 0 Å². The first-order valence-electron chi connectivity index (χ1n) is 4.47. The van der Waals surface area contributed by atoms with Crippen LogP contribution in [0.1, 0.15) is 48.5 Å². The van der Waals surface area contributed by atoms with Gasteiger partial charge in [-0.25, -0.2) is 0 Å². The van der Waals surface area contributed by atoms with Gasteiger partial charge in [0.05, 0.1) is 5.60 Å². The van der Waals surface area contributed by atoms with Crippen LogP contribution in [0.25, 0.3) is 0 Å². The Morgan fingerprint density at radius 1 is 0.917 bits per heavy atom. The molecule has 0 radical (unpaired) electrons. The number of aliphatic hydroxyl groups is 1. The molecule has 0 amide bonds. The molecule has 0 aromatic carbocycles. The Kier molecular flexibility index (Phi) is 3.13. The van der Waals surface area contributed by atoms with E-state index in [4.69, 9.17) is 0 Å². The first-order chi connectivity index (χ1) is 5.10. The highest BCUT2D eigenvalue weighted by atomic mass is 16.3. The summed E-state index contributed by atoms with van der Waals surface area (Å²) in [6, 6.07) is 0. The van der Waals surface area contributed by atoms with Crippen LogP contribution in [-0.4, -0.2) is 10.7 Å². The molecule has 0 heterocycles. The fourth-order valence-corrected chi connectivity index (χ4v) is 1.08. The topological polar surface area (TPSA) is 20.2 Å². The second-order valence-corrected chi connectivity index (χ2v) is 4.81. The van der Waals surface area contributed by atoms with Crippen LogP contribution in [0.5, 0.6) is 0 Å². The van der Waals surface area contributed by atoms with E-state index in [0.717, 1.165) is 0 Å². The average molecular weight is 170 g/mol. The second-order valence-electron chi connectivity index (χ2n) is 4.81. The number of rotatable bonds is 2. The fourth-order valence-electron chi connectivity index (χ4n) is 1.08. The molecule has 12 heavy (non-hydrogen) atoms. The predicted molar refractivity (Wildman–Crippen MR) is 54.1 cm³/mol. The van der Waals surface area contributed by atoms with E-state index in [-0.39, 0.29) is 5.41 Å². The Morgan fingerprint density at radius 3 is 1.33 bits per heavy atom. The van der Waals surface area contributed by atoms with Crippen molar-refractivity contribution in [2.75, 3.05) is 0 Å². The summed E-state index contributed by atoms with van der Waals surface area (Å²) >= 11 is 0. The molecule has 0 aliphatic rings. The van der Waals surface area contributed by atoms with Crippen molar-refractivity contribution in [1.82, 2.24) is 0 Å². The molecule has 1 N–H and O–H groups in total. The van der Waals surface area contributed by atoms with E-state index in [1.165, 1.54) is 11.1 Å². The summed E-state index contributed by atoms with van der Waals surface area (Å²) in [5.74, 6) is 0. The minimum atomic E-state index is -0.658. The van der Waals surface area contributed by atoms with Crippen LogP contribution in [0.3, 0.4) is 0 Å². The van der Waals surface area contributed by atoms with Crippen molar-refractivity contribution in [1.29, 1.82) is 0 Å². The lowest BCUT2D eigenvalue weighted by Crippen LogP contribution is -2.40. The summed E-state index contributed by atoms with van der Waals surface area (Å²) in [5, 5.41) is 9.93. The highest BCUT2D eigenvalue weighted by molar-refractivity contribution is 5.19. The van der Waals surface area contributed by atoms with Gasteiger partial charge in [0.2, 0.25) is 0 Å². The number of allylic oxidation sites excluding steroid dienone is 1. The molecule has 0 saturated heterocycles. The standard InChI is InChI=1S/C11H22O/c1-8(2)9(3)10(4,5)11(6,7)12/h12H,1-7H3. The van der Waals surface area contributed by atoms with E-state index < -0.39 is 5.60 Å². The molecule has 0 fully saturated rings. The van der Waals surface area contributed by atoms with Gasteiger partial charge >= 0.3 is 0 Å². The zero-order valence-corrected chi connectivity index (χ0v) is 9.45. The molecule has 0 unspecified atom stereocenters. The third kappa shape index (κ3) is 2.10. The van der Waals surface area contributed by atoms with Gasteiger partial charge in [0.15, 0.2) is 0 Å². The summed E-state index contributed by atoms with van der Waals surface area (Å²) < 4.78 is 0. The van der Waals surface area contributed by atoms with Gasteiger partial charge < -0.3 is 5.11 Å². The minimum absolute atomic E-state index is 0.147. The zero-order valence-electron chi connectivity index (χ0n) is 9.45. The largest absolute Gasteiger partial charge is 0.390 e. The Balaban J connectivity index is 5.01. The molecule has 1 nitrogen and oxygen atoms in total. The van der Waals surface area contributed by atoms with Crippen molar-refractivity contribution in [3.63, 3.8) is 0 Å². The van der Waals surface area contributed by atoms with E-state index in [1.54, 1.807) is 0 Å². The Hall–Kier alpha value is -0.300. The van der Waals surface area contributed by atoms with E-state index in [0.29, 0.717) is 0 Å². The van der Waals surface area contributed by atoms with E-state index in [9.17, 15) is 5.11 Å². The monoisotopic (exact) mass is 170 g/mol. The van der Waals surface area contributed by atoms with Crippen LogP contribution >= 0.6 is 0 Å². The lowest BCUT2D eigenvalue weighted by molar-refractivity contribution is -0.0141. The summed E-state index contributed by atoms with van der Waals surface area (Å²) in [5.41, 5.74) is 1.76. The van der Waals surface area contributed by atoms with Gasteiger partial charge in [-0.2, -0.15) is 0 Å². The molecule has 1 heteroatoms. The van der Waals surface area contributed by atoms with Crippen molar-refractivity contribution in [2.24, 2.45) is 5.41 Å². The van der Waals surface area contributed by atoms with Gasteiger partial charge in [-0.15, -0.1) is 0 Å². The van der Waals surface area contributed by atoms with Gasteiger partial charge in [0.25, 0.3) is 0 Å². The van der Waals surface area contributed by atoms with E-state index in [2.05, 4.69) is 34.6 Å². The molecule has 0 saturated carbocycles. The third-order valence-corrected chi connectivity index (χ3v) is 3.22. The van der Waals surface area contributed by atoms with Crippen LogP contribution in [0.2, 0.25) is 0 Å². The van der Waals surface area contributed by atoms with Crippen molar-refractivity contribution in [3.8, 4) is 0 Å². The SMILES string of the molecule is CC(C)=C(C)C(C)(C)C(C)(C)O.